The Kier molecular flexibility index (Phi) is 4.44. The third kappa shape index (κ3) is 3.74. The van der Waals surface area contributed by atoms with Gasteiger partial charge in [-0.2, -0.15) is 0 Å². The molecule has 19 heavy (non-hydrogen) atoms. The third-order valence-corrected chi connectivity index (χ3v) is 3.20. The number of allylic oxidation sites excluding steroid dienone is 2. The first-order valence-corrected chi connectivity index (χ1v) is 6.41. The van der Waals surface area contributed by atoms with Gasteiger partial charge in [0.1, 0.15) is 11.5 Å². The van der Waals surface area contributed by atoms with E-state index in [1.165, 1.54) is 0 Å². The number of hydrogen-bond acceptors (Lipinski definition) is 3. The quantitative estimate of drug-likeness (QED) is 0.829. The van der Waals surface area contributed by atoms with Gasteiger partial charge in [0.05, 0.1) is 14.2 Å². The summed E-state index contributed by atoms with van der Waals surface area (Å²) >= 11 is 0. The van der Waals surface area contributed by atoms with Gasteiger partial charge in [0.25, 0.3) is 0 Å². The zero-order valence-electron chi connectivity index (χ0n) is 11.3. The Hall–Kier alpha value is -1.97. The number of carbonyl (C=O) groups is 1. The predicted octanol–water partition coefficient (Wildman–Crippen LogP) is 3.00. The van der Waals surface area contributed by atoms with Crippen LogP contribution >= 0.6 is 0 Å². The molecule has 1 amide bonds. The van der Waals surface area contributed by atoms with E-state index < -0.39 is 0 Å². The van der Waals surface area contributed by atoms with E-state index in [4.69, 9.17) is 9.47 Å². The van der Waals surface area contributed by atoms with Crippen LogP contribution in [0, 0.1) is 5.92 Å². The fraction of sp³-hybridized carbons (Fsp3) is 0.400. The highest BCUT2D eigenvalue weighted by atomic mass is 16.5. The summed E-state index contributed by atoms with van der Waals surface area (Å²) in [5, 5.41) is 2.89. The van der Waals surface area contributed by atoms with Crippen molar-refractivity contribution < 1.29 is 14.3 Å². The smallest absolute Gasteiger partial charge is 0.224 e. The summed E-state index contributed by atoms with van der Waals surface area (Å²) in [6, 6.07) is 5.34. The van der Waals surface area contributed by atoms with Gasteiger partial charge >= 0.3 is 0 Å². The highest BCUT2D eigenvalue weighted by Gasteiger charge is 2.14. The molecule has 1 aromatic rings. The molecule has 0 saturated carbocycles. The van der Waals surface area contributed by atoms with Crippen LogP contribution in [0.1, 0.15) is 19.3 Å². The lowest BCUT2D eigenvalue weighted by molar-refractivity contribution is -0.116. The molecular weight excluding hydrogens is 242 g/mol. The molecular formula is C15H19NO3. The monoisotopic (exact) mass is 261 g/mol. The van der Waals surface area contributed by atoms with Crippen molar-refractivity contribution in [2.24, 2.45) is 5.92 Å². The fourth-order valence-corrected chi connectivity index (χ4v) is 2.20. The molecule has 0 bridgehead atoms. The van der Waals surface area contributed by atoms with E-state index in [0.29, 0.717) is 29.5 Å². The molecule has 2 rings (SSSR count). The minimum atomic E-state index is 0.0202. The highest BCUT2D eigenvalue weighted by Crippen LogP contribution is 2.26. The molecule has 0 aliphatic heterocycles. The van der Waals surface area contributed by atoms with Crippen LogP contribution < -0.4 is 14.8 Å². The van der Waals surface area contributed by atoms with E-state index in [9.17, 15) is 4.79 Å². The lowest BCUT2D eigenvalue weighted by Crippen LogP contribution is -2.14. The Labute approximate surface area is 113 Å². The zero-order chi connectivity index (χ0) is 13.7. The summed E-state index contributed by atoms with van der Waals surface area (Å²) in [5.41, 5.74) is 0.697. The van der Waals surface area contributed by atoms with Crippen LogP contribution in [0.15, 0.2) is 30.4 Å². The minimum absolute atomic E-state index is 0.0202. The molecule has 0 spiro atoms. The van der Waals surface area contributed by atoms with Gasteiger partial charge in [0, 0.05) is 30.3 Å². The van der Waals surface area contributed by atoms with Crippen LogP contribution in [0.4, 0.5) is 5.69 Å². The van der Waals surface area contributed by atoms with Crippen LogP contribution in [0.5, 0.6) is 11.5 Å². The molecule has 4 nitrogen and oxygen atoms in total. The number of ether oxygens (including phenoxy) is 2. The molecule has 0 heterocycles. The number of methoxy groups -OCH3 is 2. The van der Waals surface area contributed by atoms with E-state index in [1.54, 1.807) is 32.4 Å². The maximum absolute atomic E-state index is 11.9. The number of anilines is 1. The first-order valence-electron chi connectivity index (χ1n) is 6.41. The molecule has 0 radical (unpaired) electrons. The summed E-state index contributed by atoms with van der Waals surface area (Å²) in [4.78, 5) is 11.9. The van der Waals surface area contributed by atoms with Crippen molar-refractivity contribution in [3.05, 3.63) is 30.4 Å². The molecule has 1 unspecified atom stereocenters. The van der Waals surface area contributed by atoms with E-state index in [1.807, 2.05) is 0 Å². The van der Waals surface area contributed by atoms with Crippen LogP contribution in [0.3, 0.4) is 0 Å². The third-order valence-electron chi connectivity index (χ3n) is 3.20. The van der Waals surface area contributed by atoms with Gasteiger partial charge < -0.3 is 14.8 Å². The van der Waals surface area contributed by atoms with Crippen molar-refractivity contribution in [1.29, 1.82) is 0 Å². The first kappa shape index (κ1) is 13.5. The topological polar surface area (TPSA) is 47.6 Å². The largest absolute Gasteiger partial charge is 0.497 e. The van der Waals surface area contributed by atoms with Crippen molar-refractivity contribution in [2.75, 3.05) is 19.5 Å². The van der Waals surface area contributed by atoms with E-state index in [2.05, 4.69) is 17.5 Å². The maximum atomic E-state index is 11.9. The fourth-order valence-electron chi connectivity index (χ4n) is 2.20. The second kappa shape index (κ2) is 6.27. The van der Waals surface area contributed by atoms with Crippen molar-refractivity contribution in [1.82, 2.24) is 0 Å². The van der Waals surface area contributed by atoms with E-state index >= 15 is 0 Å². The van der Waals surface area contributed by atoms with Crippen LogP contribution in [-0.4, -0.2) is 20.1 Å². The van der Waals surface area contributed by atoms with Gasteiger partial charge in [-0.15, -0.1) is 0 Å². The Morgan fingerprint density at radius 1 is 1.26 bits per heavy atom. The maximum Gasteiger partial charge on any atom is 0.224 e. The molecule has 1 N–H and O–H groups in total. The summed E-state index contributed by atoms with van der Waals surface area (Å²) < 4.78 is 10.3. The predicted molar refractivity (Wildman–Crippen MR) is 74.7 cm³/mol. The van der Waals surface area contributed by atoms with Crippen molar-refractivity contribution in [2.45, 2.75) is 19.3 Å². The lowest BCUT2D eigenvalue weighted by Gasteiger charge is -2.11. The number of benzene rings is 1. The van der Waals surface area contributed by atoms with Gasteiger partial charge in [-0.3, -0.25) is 4.79 Å². The van der Waals surface area contributed by atoms with Gasteiger partial charge in [0.2, 0.25) is 5.91 Å². The second-order valence-electron chi connectivity index (χ2n) is 4.62. The summed E-state index contributed by atoms with van der Waals surface area (Å²) in [6.07, 6.45) is 6.91. The molecule has 0 fully saturated rings. The zero-order valence-corrected chi connectivity index (χ0v) is 11.3. The van der Waals surface area contributed by atoms with Crippen molar-refractivity contribution in [3.63, 3.8) is 0 Å². The number of rotatable bonds is 5. The van der Waals surface area contributed by atoms with Crippen LogP contribution in [0.2, 0.25) is 0 Å². The van der Waals surface area contributed by atoms with Crippen molar-refractivity contribution >= 4 is 11.6 Å². The molecule has 4 heteroatoms. The van der Waals surface area contributed by atoms with Crippen molar-refractivity contribution in [3.8, 4) is 11.5 Å². The highest BCUT2D eigenvalue weighted by molar-refractivity contribution is 5.91. The SMILES string of the molecule is COc1cc(NC(=O)CC2C=CCC2)cc(OC)c1. The first-order chi connectivity index (χ1) is 9.21. The van der Waals surface area contributed by atoms with E-state index in [-0.39, 0.29) is 5.91 Å². The second-order valence-corrected chi connectivity index (χ2v) is 4.62. The average molecular weight is 261 g/mol. The Morgan fingerprint density at radius 3 is 2.47 bits per heavy atom. The summed E-state index contributed by atoms with van der Waals surface area (Å²) in [6.45, 7) is 0. The van der Waals surface area contributed by atoms with Gasteiger partial charge in [-0.25, -0.2) is 0 Å². The van der Waals surface area contributed by atoms with E-state index in [0.717, 1.165) is 12.8 Å². The Balaban J connectivity index is 2.00. The number of carbonyl (C=O) groups excluding carboxylic acids is 1. The summed E-state index contributed by atoms with van der Waals surface area (Å²) in [7, 11) is 3.17. The molecule has 1 atom stereocenters. The van der Waals surface area contributed by atoms with Crippen LogP contribution in [0.25, 0.3) is 0 Å². The molecule has 0 saturated heterocycles. The molecule has 1 aliphatic rings. The molecule has 102 valence electrons. The standard InChI is InChI=1S/C15H19NO3/c1-18-13-8-12(9-14(10-13)19-2)16-15(17)7-11-5-3-4-6-11/h3,5,8-11H,4,6-7H2,1-2H3,(H,16,17). The van der Waals surface area contributed by atoms with Gasteiger partial charge in [-0.05, 0) is 18.8 Å². The minimum Gasteiger partial charge on any atom is -0.497 e. The summed E-state index contributed by atoms with van der Waals surface area (Å²) in [5.74, 6) is 1.71. The average Bonchev–Trinajstić information content (AvgIpc) is 2.90. The number of hydrogen-bond donors (Lipinski definition) is 1. The molecule has 1 aromatic carbocycles. The van der Waals surface area contributed by atoms with Gasteiger partial charge in [-0.1, -0.05) is 12.2 Å². The normalized spacial score (nSPS) is 17.3. The molecule has 1 aliphatic carbocycles. The number of amides is 1. The Bertz CT molecular complexity index is 460. The lowest BCUT2D eigenvalue weighted by atomic mass is 10.1. The molecule has 0 aromatic heterocycles. The van der Waals surface area contributed by atoms with Crippen LogP contribution in [-0.2, 0) is 4.79 Å². The number of nitrogens with one attached hydrogen (secondary N) is 1. The van der Waals surface area contributed by atoms with Gasteiger partial charge in [0.15, 0.2) is 0 Å². The Morgan fingerprint density at radius 2 is 1.95 bits per heavy atom.